The van der Waals surface area contributed by atoms with Crippen molar-refractivity contribution in [3.05, 3.63) is 164 Å². The molecule has 0 spiro atoms. The van der Waals surface area contributed by atoms with Gasteiger partial charge in [0.05, 0.1) is 0 Å². The zero-order valence-corrected chi connectivity index (χ0v) is 22.9. The third-order valence-electron chi connectivity index (χ3n) is 8.05. The average molecular weight is 538 g/mol. The van der Waals surface area contributed by atoms with E-state index in [0.29, 0.717) is 0 Å². The van der Waals surface area contributed by atoms with E-state index >= 15 is 0 Å². The lowest BCUT2D eigenvalue weighted by Gasteiger charge is -2.25. The third-order valence-corrected chi connectivity index (χ3v) is 8.05. The number of fused-ring (bicyclic) bond motifs is 4. The van der Waals surface area contributed by atoms with Crippen molar-refractivity contribution < 1.29 is 4.42 Å². The van der Waals surface area contributed by atoms with Gasteiger partial charge in [-0.1, -0.05) is 109 Å². The van der Waals surface area contributed by atoms with Gasteiger partial charge in [0.25, 0.3) is 0 Å². The topological polar surface area (TPSA) is 16.4 Å². The number of para-hydroxylation sites is 2. The Bertz CT molecular complexity index is 2190. The molecule has 0 radical (unpaired) electrons. The molecule has 198 valence electrons. The van der Waals surface area contributed by atoms with Crippen LogP contribution in [0.3, 0.4) is 0 Å². The van der Waals surface area contributed by atoms with Gasteiger partial charge in [-0.3, -0.25) is 0 Å². The molecule has 0 N–H and O–H groups in total. The van der Waals surface area contributed by atoms with Crippen LogP contribution < -0.4 is 4.90 Å². The van der Waals surface area contributed by atoms with Crippen molar-refractivity contribution in [3.63, 3.8) is 0 Å². The second-order valence-electron chi connectivity index (χ2n) is 10.6. The van der Waals surface area contributed by atoms with Crippen LogP contribution in [0.5, 0.6) is 0 Å². The molecule has 0 aliphatic rings. The van der Waals surface area contributed by atoms with Gasteiger partial charge < -0.3 is 9.32 Å². The molecule has 7 aromatic carbocycles. The van der Waals surface area contributed by atoms with E-state index in [4.69, 9.17) is 4.42 Å². The number of nitrogens with zero attached hydrogens (tertiary/aromatic N) is 1. The molecule has 0 fully saturated rings. The number of furan rings is 1. The highest BCUT2D eigenvalue weighted by Gasteiger charge is 2.15. The Morgan fingerprint density at radius 1 is 0.357 bits per heavy atom. The highest BCUT2D eigenvalue weighted by molar-refractivity contribution is 6.06. The molecule has 8 aromatic rings. The molecule has 0 unspecified atom stereocenters. The normalized spacial score (nSPS) is 11.3. The second-order valence-corrected chi connectivity index (χ2v) is 10.6. The van der Waals surface area contributed by atoms with Crippen molar-refractivity contribution >= 4 is 49.8 Å². The van der Waals surface area contributed by atoms with Gasteiger partial charge in [0.2, 0.25) is 0 Å². The van der Waals surface area contributed by atoms with Crippen LogP contribution in [0.4, 0.5) is 17.1 Å². The summed E-state index contributed by atoms with van der Waals surface area (Å²) in [4.78, 5) is 2.30. The van der Waals surface area contributed by atoms with Crippen molar-refractivity contribution in [2.45, 2.75) is 0 Å². The first-order valence-corrected chi connectivity index (χ1v) is 14.3. The highest BCUT2D eigenvalue weighted by atomic mass is 16.3. The Labute approximate surface area is 244 Å². The zero-order valence-electron chi connectivity index (χ0n) is 22.9. The molecule has 0 amide bonds. The maximum atomic E-state index is 6.11. The molecule has 1 heterocycles. The standard InChI is InChI=1S/C40H27NO/c1-2-14-32(15-3-1)41(34-24-25-40-38(27-34)37-17-6-7-19-39(37)42-40)33-22-20-28(21-23-33)30-12-8-13-31(26-30)36-18-9-11-29-10-4-5-16-35(29)36/h1-27H. The molecular formula is C40H27NO. The summed E-state index contributed by atoms with van der Waals surface area (Å²) in [6.07, 6.45) is 0. The van der Waals surface area contributed by atoms with Crippen LogP contribution in [0.2, 0.25) is 0 Å². The minimum absolute atomic E-state index is 0.898. The van der Waals surface area contributed by atoms with E-state index in [1.807, 2.05) is 12.1 Å². The predicted molar refractivity (Wildman–Crippen MR) is 177 cm³/mol. The molecule has 0 saturated heterocycles. The Morgan fingerprint density at radius 2 is 1.00 bits per heavy atom. The lowest BCUT2D eigenvalue weighted by Crippen LogP contribution is -2.09. The van der Waals surface area contributed by atoms with Crippen LogP contribution in [0.25, 0.3) is 55.0 Å². The van der Waals surface area contributed by atoms with Crippen LogP contribution >= 0.6 is 0 Å². The average Bonchev–Trinajstić information content (AvgIpc) is 3.44. The van der Waals surface area contributed by atoms with Gasteiger partial charge in [0.15, 0.2) is 0 Å². The fourth-order valence-electron chi connectivity index (χ4n) is 6.02. The maximum absolute atomic E-state index is 6.11. The minimum atomic E-state index is 0.898. The second kappa shape index (κ2) is 10.1. The fraction of sp³-hybridized carbons (Fsp3) is 0. The molecule has 0 aliphatic heterocycles. The van der Waals surface area contributed by atoms with Gasteiger partial charge in [-0.25, -0.2) is 0 Å². The first-order chi connectivity index (χ1) is 20.8. The van der Waals surface area contributed by atoms with Crippen LogP contribution in [-0.4, -0.2) is 0 Å². The summed E-state index contributed by atoms with van der Waals surface area (Å²) in [5, 5.41) is 4.77. The number of anilines is 3. The van der Waals surface area contributed by atoms with E-state index in [1.165, 1.54) is 33.0 Å². The van der Waals surface area contributed by atoms with Gasteiger partial charge >= 0.3 is 0 Å². The lowest BCUT2D eigenvalue weighted by atomic mass is 9.95. The SMILES string of the molecule is c1ccc(N(c2ccc(-c3cccc(-c4cccc5ccccc45)c3)cc2)c2ccc3oc4ccccc4c3c2)cc1. The van der Waals surface area contributed by atoms with E-state index in [0.717, 1.165) is 39.0 Å². The summed E-state index contributed by atoms with van der Waals surface area (Å²) in [7, 11) is 0. The molecule has 2 nitrogen and oxygen atoms in total. The van der Waals surface area contributed by atoms with Crippen molar-refractivity contribution in [1.29, 1.82) is 0 Å². The van der Waals surface area contributed by atoms with E-state index in [1.54, 1.807) is 0 Å². The molecule has 2 heteroatoms. The molecular weight excluding hydrogens is 510 g/mol. The molecule has 0 saturated carbocycles. The smallest absolute Gasteiger partial charge is 0.135 e. The summed E-state index contributed by atoms with van der Waals surface area (Å²) in [6.45, 7) is 0. The third kappa shape index (κ3) is 4.22. The van der Waals surface area contributed by atoms with Gasteiger partial charge in [-0.2, -0.15) is 0 Å². The van der Waals surface area contributed by atoms with E-state index in [-0.39, 0.29) is 0 Å². The number of rotatable bonds is 5. The first kappa shape index (κ1) is 24.2. The van der Waals surface area contributed by atoms with Crippen molar-refractivity contribution in [1.82, 2.24) is 0 Å². The fourth-order valence-corrected chi connectivity index (χ4v) is 6.02. The van der Waals surface area contributed by atoms with E-state index < -0.39 is 0 Å². The first-order valence-electron chi connectivity index (χ1n) is 14.3. The minimum Gasteiger partial charge on any atom is -0.456 e. The Balaban J connectivity index is 1.19. The van der Waals surface area contributed by atoms with Crippen LogP contribution in [0.1, 0.15) is 0 Å². The molecule has 0 bridgehead atoms. The predicted octanol–water partition coefficient (Wildman–Crippen LogP) is 11.5. The van der Waals surface area contributed by atoms with Gasteiger partial charge in [0, 0.05) is 27.8 Å². The Hall–Kier alpha value is -5.60. The zero-order chi connectivity index (χ0) is 27.9. The van der Waals surface area contributed by atoms with E-state index in [2.05, 4.69) is 157 Å². The molecule has 0 aliphatic carbocycles. The van der Waals surface area contributed by atoms with Gasteiger partial charge in [-0.15, -0.1) is 0 Å². The molecule has 42 heavy (non-hydrogen) atoms. The number of benzene rings is 7. The van der Waals surface area contributed by atoms with Crippen LogP contribution in [0.15, 0.2) is 168 Å². The van der Waals surface area contributed by atoms with Gasteiger partial charge in [-0.05, 0) is 87.6 Å². The summed E-state index contributed by atoms with van der Waals surface area (Å²) in [6, 6.07) is 58.0. The van der Waals surface area contributed by atoms with Gasteiger partial charge in [0.1, 0.15) is 11.2 Å². The summed E-state index contributed by atoms with van der Waals surface area (Å²) in [5.74, 6) is 0. The van der Waals surface area contributed by atoms with Crippen LogP contribution in [0, 0.1) is 0 Å². The molecule has 1 aromatic heterocycles. The Kier molecular flexibility index (Phi) is 5.82. The largest absolute Gasteiger partial charge is 0.456 e. The Morgan fingerprint density at radius 3 is 1.88 bits per heavy atom. The molecule has 0 atom stereocenters. The van der Waals surface area contributed by atoms with E-state index in [9.17, 15) is 0 Å². The highest BCUT2D eigenvalue weighted by Crippen LogP contribution is 2.39. The quantitative estimate of drug-likeness (QED) is 0.217. The summed E-state index contributed by atoms with van der Waals surface area (Å²) >= 11 is 0. The lowest BCUT2D eigenvalue weighted by molar-refractivity contribution is 0.669. The molecule has 8 rings (SSSR count). The number of hydrogen-bond donors (Lipinski definition) is 0. The van der Waals surface area contributed by atoms with Crippen molar-refractivity contribution in [2.24, 2.45) is 0 Å². The monoisotopic (exact) mass is 537 g/mol. The van der Waals surface area contributed by atoms with Crippen LogP contribution in [-0.2, 0) is 0 Å². The summed E-state index contributed by atoms with van der Waals surface area (Å²) < 4.78 is 6.11. The maximum Gasteiger partial charge on any atom is 0.135 e. The van der Waals surface area contributed by atoms with Crippen molar-refractivity contribution in [2.75, 3.05) is 4.90 Å². The summed E-state index contributed by atoms with van der Waals surface area (Å²) in [5.41, 5.74) is 9.96. The van der Waals surface area contributed by atoms with Crippen molar-refractivity contribution in [3.8, 4) is 22.3 Å². The number of hydrogen-bond acceptors (Lipinski definition) is 2.